The molecule has 0 heterocycles. The molecule has 4 nitrogen and oxygen atoms in total. The van der Waals surface area contributed by atoms with Crippen LogP contribution in [0.2, 0.25) is 0 Å². The molecule has 0 fully saturated rings. The highest BCUT2D eigenvalue weighted by Crippen LogP contribution is 1.84. The molecule has 0 rings (SSSR count). The highest BCUT2D eigenvalue weighted by molar-refractivity contribution is 4.63. The largest absolute Gasteiger partial charge is 0.391 e. The summed E-state index contributed by atoms with van der Waals surface area (Å²) in [7, 11) is 0. The fourth-order valence-corrected chi connectivity index (χ4v) is 0.462. The van der Waals surface area contributed by atoms with E-state index in [1.807, 2.05) is 0 Å². The van der Waals surface area contributed by atoms with Crippen LogP contribution >= 0.6 is 0 Å². The molecule has 1 atom stereocenters. The van der Waals surface area contributed by atoms with Gasteiger partial charge in [0.25, 0.3) is 0 Å². The van der Waals surface area contributed by atoms with Crippen LogP contribution in [0, 0.1) is 0 Å². The lowest BCUT2D eigenvalue weighted by molar-refractivity contribution is -0.133. The number of aliphatic hydroxyl groups is 2. The molecule has 4 heteroatoms. The van der Waals surface area contributed by atoms with E-state index in [9.17, 15) is 0 Å². The van der Waals surface area contributed by atoms with E-state index in [0.29, 0.717) is 13.2 Å². The summed E-state index contributed by atoms with van der Waals surface area (Å²) >= 11 is 0. The molecule has 0 aliphatic carbocycles. The molecule has 66 valence electrons. The van der Waals surface area contributed by atoms with Crippen molar-refractivity contribution in [3.05, 3.63) is 12.7 Å². The first-order chi connectivity index (χ1) is 5.31. The first kappa shape index (κ1) is 10.6. The third-order valence-corrected chi connectivity index (χ3v) is 0.930. The Balaban J connectivity index is 2.95. The summed E-state index contributed by atoms with van der Waals surface area (Å²) in [5.41, 5.74) is 0. The van der Waals surface area contributed by atoms with Gasteiger partial charge in [-0.15, -0.1) is 6.58 Å². The Morgan fingerprint density at radius 2 is 2.18 bits per heavy atom. The number of rotatable bonds is 7. The Morgan fingerprint density at radius 1 is 1.45 bits per heavy atom. The number of hydrogen-bond acceptors (Lipinski definition) is 4. The Kier molecular flexibility index (Phi) is 7.39. The maximum Gasteiger partial charge on any atom is 0.177 e. The Hall–Kier alpha value is -0.420. The van der Waals surface area contributed by atoms with Gasteiger partial charge < -0.3 is 19.7 Å². The second-order valence-electron chi connectivity index (χ2n) is 1.87. The van der Waals surface area contributed by atoms with Gasteiger partial charge in [0.2, 0.25) is 0 Å². The van der Waals surface area contributed by atoms with Crippen LogP contribution in [0.25, 0.3) is 0 Å². The Morgan fingerprint density at radius 3 is 2.73 bits per heavy atom. The van der Waals surface area contributed by atoms with Crippen molar-refractivity contribution in [1.82, 2.24) is 0 Å². The van der Waals surface area contributed by atoms with Crippen molar-refractivity contribution in [3.8, 4) is 0 Å². The fraction of sp³-hybridized carbons (Fsp3) is 0.714. The van der Waals surface area contributed by atoms with Gasteiger partial charge in [0.15, 0.2) is 6.29 Å². The van der Waals surface area contributed by atoms with Gasteiger partial charge in [-0.25, -0.2) is 0 Å². The SMILES string of the molecule is C=CCOCCOC(O)CO. The van der Waals surface area contributed by atoms with Crippen molar-refractivity contribution in [1.29, 1.82) is 0 Å². The molecular formula is C7H14O4. The minimum atomic E-state index is -1.10. The average Bonchev–Trinajstić information content (AvgIpc) is 2.04. The molecule has 0 radical (unpaired) electrons. The van der Waals surface area contributed by atoms with Crippen molar-refractivity contribution in [2.45, 2.75) is 6.29 Å². The minimum absolute atomic E-state index is 0.273. The molecular weight excluding hydrogens is 148 g/mol. The van der Waals surface area contributed by atoms with Crippen LogP contribution in [-0.4, -0.2) is 42.9 Å². The van der Waals surface area contributed by atoms with Crippen molar-refractivity contribution in [3.63, 3.8) is 0 Å². The van der Waals surface area contributed by atoms with Crippen molar-refractivity contribution < 1.29 is 19.7 Å². The molecule has 0 saturated heterocycles. The average molecular weight is 162 g/mol. The van der Waals surface area contributed by atoms with Crippen LogP contribution in [0.1, 0.15) is 0 Å². The second-order valence-corrected chi connectivity index (χ2v) is 1.87. The zero-order valence-electron chi connectivity index (χ0n) is 6.40. The van der Waals surface area contributed by atoms with Gasteiger partial charge in [-0.05, 0) is 0 Å². The van der Waals surface area contributed by atoms with Crippen molar-refractivity contribution in [2.75, 3.05) is 26.4 Å². The molecule has 0 aromatic heterocycles. The first-order valence-corrected chi connectivity index (χ1v) is 3.40. The Labute approximate surface area is 66.1 Å². The zero-order valence-corrected chi connectivity index (χ0v) is 6.40. The highest BCUT2D eigenvalue weighted by Gasteiger charge is 1.98. The lowest BCUT2D eigenvalue weighted by atomic mass is 10.6. The fourth-order valence-electron chi connectivity index (χ4n) is 0.462. The summed E-state index contributed by atoms with van der Waals surface area (Å²) in [6.07, 6.45) is 0.532. The first-order valence-electron chi connectivity index (χ1n) is 3.40. The van der Waals surface area contributed by atoms with Gasteiger partial charge in [-0.2, -0.15) is 0 Å². The number of hydrogen-bond donors (Lipinski definition) is 2. The standard InChI is InChI=1S/C7H14O4/c1-2-3-10-4-5-11-7(9)6-8/h2,7-9H,1,3-6H2. The summed E-state index contributed by atoms with van der Waals surface area (Å²) in [6.45, 7) is 4.20. The molecule has 0 bridgehead atoms. The normalized spacial score (nSPS) is 12.9. The summed E-state index contributed by atoms with van der Waals surface area (Å²) in [6, 6.07) is 0. The summed E-state index contributed by atoms with van der Waals surface area (Å²) < 4.78 is 9.63. The molecule has 1 unspecified atom stereocenters. The molecule has 0 aromatic carbocycles. The van der Waals surface area contributed by atoms with E-state index in [4.69, 9.17) is 14.9 Å². The molecule has 0 saturated carbocycles. The van der Waals surface area contributed by atoms with E-state index in [1.54, 1.807) is 6.08 Å². The highest BCUT2D eigenvalue weighted by atomic mass is 16.6. The summed E-state index contributed by atoms with van der Waals surface area (Å²) in [5.74, 6) is 0. The van der Waals surface area contributed by atoms with Crippen LogP contribution < -0.4 is 0 Å². The quantitative estimate of drug-likeness (QED) is 0.301. The van der Waals surface area contributed by atoms with Crippen LogP contribution in [0.3, 0.4) is 0 Å². The predicted molar refractivity (Wildman–Crippen MR) is 40.1 cm³/mol. The van der Waals surface area contributed by atoms with Gasteiger partial charge in [0.1, 0.15) is 0 Å². The smallest absolute Gasteiger partial charge is 0.177 e. The van der Waals surface area contributed by atoms with E-state index < -0.39 is 6.29 Å². The van der Waals surface area contributed by atoms with Gasteiger partial charge >= 0.3 is 0 Å². The minimum Gasteiger partial charge on any atom is -0.391 e. The third-order valence-electron chi connectivity index (χ3n) is 0.930. The molecule has 11 heavy (non-hydrogen) atoms. The monoisotopic (exact) mass is 162 g/mol. The van der Waals surface area contributed by atoms with E-state index in [0.717, 1.165) is 0 Å². The van der Waals surface area contributed by atoms with Crippen LogP contribution in [0.15, 0.2) is 12.7 Å². The van der Waals surface area contributed by atoms with E-state index in [1.165, 1.54) is 0 Å². The lowest BCUT2D eigenvalue weighted by Gasteiger charge is -2.07. The zero-order chi connectivity index (χ0) is 8.53. The molecule has 0 aliphatic rings. The Bertz CT molecular complexity index is 94.4. The molecule has 0 aromatic rings. The van der Waals surface area contributed by atoms with E-state index in [-0.39, 0.29) is 13.2 Å². The van der Waals surface area contributed by atoms with Crippen LogP contribution in [0.5, 0.6) is 0 Å². The van der Waals surface area contributed by atoms with E-state index >= 15 is 0 Å². The molecule has 0 spiro atoms. The predicted octanol–water partition coefficient (Wildman–Crippen LogP) is -0.484. The number of ether oxygens (including phenoxy) is 2. The van der Waals surface area contributed by atoms with Crippen LogP contribution in [-0.2, 0) is 9.47 Å². The third kappa shape index (κ3) is 7.48. The second kappa shape index (κ2) is 7.68. The van der Waals surface area contributed by atoms with Gasteiger partial charge in [-0.3, -0.25) is 0 Å². The van der Waals surface area contributed by atoms with Crippen LogP contribution in [0.4, 0.5) is 0 Å². The molecule has 2 N–H and O–H groups in total. The van der Waals surface area contributed by atoms with Gasteiger partial charge in [0, 0.05) is 0 Å². The summed E-state index contributed by atoms with van der Waals surface area (Å²) in [4.78, 5) is 0. The molecule has 0 amide bonds. The van der Waals surface area contributed by atoms with E-state index in [2.05, 4.69) is 11.3 Å². The lowest BCUT2D eigenvalue weighted by Crippen LogP contribution is -2.19. The number of aliphatic hydroxyl groups excluding tert-OH is 2. The maximum absolute atomic E-state index is 8.67. The maximum atomic E-state index is 8.67. The van der Waals surface area contributed by atoms with Gasteiger partial charge in [0.05, 0.1) is 26.4 Å². The topological polar surface area (TPSA) is 58.9 Å². The van der Waals surface area contributed by atoms with Crippen molar-refractivity contribution >= 4 is 0 Å². The van der Waals surface area contributed by atoms with Gasteiger partial charge in [-0.1, -0.05) is 6.08 Å². The summed E-state index contributed by atoms with van der Waals surface area (Å²) in [5, 5.41) is 17.0. The molecule has 0 aliphatic heterocycles. The van der Waals surface area contributed by atoms with Crippen molar-refractivity contribution in [2.24, 2.45) is 0 Å².